The van der Waals surface area contributed by atoms with Crippen LogP contribution in [0.4, 0.5) is 0 Å². The molecule has 2 atom stereocenters. The van der Waals surface area contributed by atoms with E-state index in [0.717, 1.165) is 5.92 Å². The predicted octanol–water partition coefficient (Wildman–Crippen LogP) is 3.41. The first-order valence-electron chi connectivity index (χ1n) is 5.79. The number of piperidine rings is 1. The first-order chi connectivity index (χ1) is 7.75. The number of aromatic nitrogens is 1. The average molecular weight is 235 g/mol. The van der Waals surface area contributed by atoms with Crippen molar-refractivity contribution in [3.63, 3.8) is 0 Å². The van der Waals surface area contributed by atoms with Gasteiger partial charge in [0, 0.05) is 18.9 Å². The summed E-state index contributed by atoms with van der Waals surface area (Å²) in [6, 6.07) is 4.50. The first-order valence-corrected chi connectivity index (χ1v) is 6.17. The van der Waals surface area contributed by atoms with E-state index < -0.39 is 0 Å². The summed E-state index contributed by atoms with van der Waals surface area (Å²) in [6.45, 7) is 0. The molecule has 1 saturated heterocycles. The van der Waals surface area contributed by atoms with Crippen LogP contribution in [0, 0.1) is 5.92 Å². The SMILES string of the molecule is CN1C2=CCC(CC2)C1c1ccc(Cl)nc1. The highest BCUT2D eigenvalue weighted by Crippen LogP contribution is 2.45. The zero-order valence-corrected chi connectivity index (χ0v) is 10.1. The first kappa shape index (κ1) is 10.2. The fourth-order valence-electron chi connectivity index (χ4n) is 3.00. The normalized spacial score (nSPS) is 28.1. The Morgan fingerprint density at radius 3 is 2.88 bits per heavy atom. The topological polar surface area (TPSA) is 16.1 Å². The minimum absolute atomic E-state index is 0.499. The lowest BCUT2D eigenvalue weighted by molar-refractivity contribution is 0.145. The number of halogens is 1. The van der Waals surface area contributed by atoms with Crippen LogP contribution in [0.1, 0.15) is 30.9 Å². The molecule has 0 spiro atoms. The summed E-state index contributed by atoms with van der Waals surface area (Å²) in [5, 5.41) is 0.576. The third-order valence-corrected chi connectivity index (χ3v) is 4.06. The molecule has 3 heterocycles. The van der Waals surface area contributed by atoms with Gasteiger partial charge in [0.15, 0.2) is 0 Å². The quantitative estimate of drug-likeness (QED) is 0.693. The number of hydrogen-bond donors (Lipinski definition) is 0. The van der Waals surface area contributed by atoms with E-state index in [-0.39, 0.29) is 0 Å². The molecule has 3 heteroatoms. The molecule has 16 heavy (non-hydrogen) atoms. The maximum Gasteiger partial charge on any atom is 0.129 e. The van der Waals surface area contributed by atoms with Gasteiger partial charge in [0.25, 0.3) is 0 Å². The van der Waals surface area contributed by atoms with Crippen molar-refractivity contribution in [3.8, 4) is 0 Å². The van der Waals surface area contributed by atoms with Crippen LogP contribution in [0.5, 0.6) is 0 Å². The van der Waals surface area contributed by atoms with E-state index in [1.165, 1.54) is 30.5 Å². The number of fused-ring (bicyclic) bond motifs is 3. The Kier molecular flexibility index (Phi) is 2.40. The molecule has 0 aromatic carbocycles. The van der Waals surface area contributed by atoms with Crippen molar-refractivity contribution in [2.75, 3.05) is 7.05 Å². The minimum Gasteiger partial charge on any atom is -0.371 e. The second kappa shape index (κ2) is 3.77. The summed E-state index contributed by atoms with van der Waals surface area (Å²) in [5.41, 5.74) is 2.78. The molecule has 2 unspecified atom stereocenters. The zero-order chi connectivity index (χ0) is 11.1. The summed E-state index contributed by atoms with van der Waals surface area (Å²) in [7, 11) is 2.19. The van der Waals surface area contributed by atoms with Crippen molar-refractivity contribution in [2.45, 2.75) is 25.3 Å². The van der Waals surface area contributed by atoms with Gasteiger partial charge in [-0.2, -0.15) is 0 Å². The predicted molar refractivity (Wildman–Crippen MR) is 65.2 cm³/mol. The summed E-state index contributed by atoms with van der Waals surface area (Å²) in [5.74, 6) is 0.741. The molecule has 1 aliphatic carbocycles. The number of hydrogen-bond acceptors (Lipinski definition) is 2. The van der Waals surface area contributed by atoms with Gasteiger partial charge in [0.2, 0.25) is 0 Å². The maximum absolute atomic E-state index is 5.83. The molecule has 1 aromatic rings. The van der Waals surface area contributed by atoms with E-state index >= 15 is 0 Å². The molecule has 0 N–H and O–H groups in total. The third kappa shape index (κ3) is 1.52. The highest BCUT2D eigenvalue weighted by atomic mass is 35.5. The van der Waals surface area contributed by atoms with Crippen LogP contribution >= 0.6 is 11.6 Å². The molecule has 2 aliphatic heterocycles. The smallest absolute Gasteiger partial charge is 0.129 e. The molecule has 0 saturated carbocycles. The molecule has 4 rings (SSSR count). The largest absolute Gasteiger partial charge is 0.371 e. The van der Waals surface area contributed by atoms with Gasteiger partial charge < -0.3 is 4.90 Å². The van der Waals surface area contributed by atoms with Crippen molar-refractivity contribution >= 4 is 11.6 Å². The molecule has 0 radical (unpaired) electrons. The summed E-state index contributed by atoms with van der Waals surface area (Å²) in [6.07, 6.45) is 8.06. The lowest BCUT2D eigenvalue weighted by atomic mass is 9.78. The highest BCUT2D eigenvalue weighted by Gasteiger charge is 2.35. The van der Waals surface area contributed by atoms with Gasteiger partial charge in [0.1, 0.15) is 5.15 Å². The molecule has 1 fully saturated rings. The van der Waals surface area contributed by atoms with Crippen LogP contribution in [-0.2, 0) is 0 Å². The minimum atomic E-state index is 0.499. The van der Waals surface area contributed by atoms with E-state index in [1.807, 2.05) is 12.3 Å². The average Bonchev–Trinajstić information content (AvgIpc) is 2.32. The molecule has 2 nitrogen and oxygen atoms in total. The van der Waals surface area contributed by atoms with Gasteiger partial charge in [-0.15, -0.1) is 0 Å². The molecule has 84 valence electrons. The van der Waals surface area contributed by atoms with E-state index in [1.54, 1.807) is 0 Å². The zero-order valence-electron chi connectivity index (χ0n) is 9.36. The third-order valence-electron chi connectivity index (χ3n) is 3.84. The van der Waals surface area contributed by atoms with Crippen LogP contribution in [0.25, 0.3) is 0 Å². The summed E-state index contributed by atoms with van der Waals surface area (Å²) >= 11 is 5.83. The van der Waals surface area contributed by atoms with Gasteiger partial charge in [-0.25, -0.2) is 4.98 Å². The van der Waals surface area contributed by atoms with E-state index in [2.05, 4.69) is 29.1 Å². The van der Waals surface area contributed by atoms with Gasteiger partial charge in [-0.3, -0.25) is 0 Å². The fraction of sp³-hybridized carbons (Fsp3) is 0.462. The van der Waals surface area contributed by atoms with E-state index in [9.17, 15) is 0 Å². The number of nitrogens with zero attached hydrogens (tertiary/aromatic N) is 2. The second-order valence-corrected chi connectivity index (χ2v) is 5.09. The van der Waals surface area contributed by atoms with E-state index in [4.69, 9.17) is 11.6 Å². The van der Waals surface area contributed by atoms with Crippen molar-refractivity contribution < 1.29 is 0 Å². The lowest BCUT2D eigenvalue weighted by Gasteiger charge is -2.46. The number of allylic oxidation sites excluding steroid dienone is 2. The Balaban J connectivity index is 1.95. The molecule has 1 aromatic heterocycles. The van der Waals surface area contributed by atoms with Gasteiger partial charge in [-0.1, -0.05) is 23.7 Å². The lowest BCUT2D eigenvalue weighted by Crippen LogP contribution is -2.37. The molecule has 0 amide bonds. The Labute approximate surface area is 101 Å². The molecule has 3 aliphatic rings. The highest BCUT2D eigenvalue weighted by molar-refractivity contribution is 6.29. The van der Waals surface area contributed by atoms with Crippen molar-refractivity contribution in [3.05, 3.63) is 40.8 Å². The van der Waals surface area contributed by atoms with Gasteiger partial charge >= 0.3 is 0 Å². The van der Waals surface area contributed by atoms with Gasteiger partial charge in [0.05, 0.1) is 6.04 Å². The Bertz CT molecular complexity index is 424. The van der Waals surface area contributed by atoms with Crippen molar-refractivity contribution in [1.82, 2.24) is 9.88 Å². The molecule has 2 bridgehead atoms. The van der Waals surface area contributed by atoms with Crippen LogP contribution in [0.2, 0.25) is 5.15 Å². The van der Waals surface area contributed by atoms with Crippen LogP contribution in [-0.4, -0.2) is 16.9 Å². The van der Waals surface area contributed by atoms with E-state index in [0.29, 0.717) is 11.2 Å². The maximum atomic E-state index is 5.83. The van der Waals surface area contributed by atoms with Crippen LogP contribution < -0.4 is 0 Å². The van der Waals surface area contributed by atoms with Gasteiger partial charge in [-0.05, 0) is 36.8 Å². The summed E-state index contributed by atoms with van der Waals surface area (Å²) < 4.78 is 0. The number of pyridine rings is 1. The molecular formula is C13H15ClN2. The molecular weight excluding hydrogens is 220 g/mol. The number of rotatable bonds is 1. The van der Waals surface area contributed by atoms with Crippen LogP contribution in [0.3, 0.4) is 0 Å². The standard InChI is InChI=1S/C13H15ClN2/c1-16-11-5-2-9(3-6-11)13(16)10-4-7-12(14)15-8-10/h4-5,7-9,13H,2-3,6H2,1H3. The van der Waals surface area contributed by atoms with Crippen molar-refractivity contribution in [2.24, 2.45) is 5.92 Å². The Hall–Kier alpha value is -1.02. The monoisotopic (exact) mass is 234 g/mol. The Morgan fingerprint density at radius 2 is 2.31 bits per heavy atom. The van der Waals surface area contributed by atoms with Crippen molar-refractivity contribution in [1.29, 1.82) is 0 Å². The second-order valence-electron chi connectivity index (χ2n) is 4.70. The summed E-state index contributed by atoms with van der Waals surface area (Å²) in [4.78, 5) is 6.60. The Morgan fingerprint density at radius 1 is 1.44 bits per heavy atom. The van der Waals surface area contributed by atoms with Crippen LogP contribution in [0.15, 0.2) is 30.1 Å². The fourth-order valence-corrected chi connectivity index (χ4v) is 3.11.